The lowest BCUT2D eigenvalue weighted by Gasteiger charge is -2.40. The summed E-state index contributed by atoms with van der Waals surface area (Å²) < 4.78 is 98.0. The van der Waals surface area contributed by atoms with Gasteiger partial charge in [0.15, 0.2) is 5.75 Å². The number of halogens is 6. The molecule has 262 valence electrons. The first-order valence-electron chi connectivity index (χ1n) is 14.9. The van der Waals surface area contributed by atoms with Crippen molar-refractivity contribution >= 4 is 23.7 Å². The third-order valence-electron chi connectivity index (χ3n) is 7.57. The lowest BCUT2D eigenvalue weighted by atomic mass is 9.89. The Morgan fingerprint density at radius 2 is 1.80 bits per heavy atom. The Bertz CT molecular complexity index is 1710. The number of hydrogen-bond acceptors (Lipinski definition) is 9. The lowest BCUT2D eigenvalue weighted by molar-refractivity contribution is -0.138. The fourth-order valence-electron chi connectivity index (χ4n) is 5.29. The molecular formula is C32H31F6N5O6. The summed E-state index contributed by atoms with van der Waals surface area (Å²) >= 11 is 0. The summed E-state index contributed by atoms with van der Waals surface area (Å²) in [7, 11) is 1.44. The zero-order valence-corrected chi connectivity index (χ0v) is 26.2. The Labute approximate surface area is 276 Å². The van der Waals surface area contributed by atoms with Crippen molar-refractivity contribution in [3.8, 4) is 11.8 Å². The third kappa shape index (κ3) is 9.28. The normalized spacial score (nSPS) is 16.0. The van der Waals surface area contributed by atoms with Crippen molar-refractivity contribution in [3.05, 3.63) is 76.1 Å². The van der Waals surface area contributed by atoms with Crippen molar-refractivity contribution in [1.82, 2.24) is 9.97 Å². The number of nitriles is 1. The highest BCUT2D eigenvalue weighted by molar-refractivity contribution is 5.90. The van der Waals surface area contributed by atoms with E-state index in [0.717, 1.165) is 30.3 Å². The zero-order valence-electron chi connectivity index (χ0n) is 26.2. The molecule has 11 nitrogen and oxygen atoms in total. The predicted octanol–water partition coefficient (Wildman–Crippen LogP) is 6.76. The summed E-state index contributed by atoms with van der Waals surface area (Å²) in [6, 6.07) is 5.91. The van der Waals surface area contributed by atoms with E-state index in [1.54, 1.807) is 13.0 Å². The van der Waals surface area contributed by atoms with E-state index in [-0.39, 0.29) is 65.8 Å². The highest BCUT2D eigenvalue weighted by Gasteiger charge is 2.39. The molecule has 0 saturated heterocycles. The fourth-order valence-corrected chi connectivity index (χ4v) is 5.29. The van der Waals surface area contributed by atoms with Crippen LogP contribution in [0, 0.1) is 11.3 Å². The molecule has 1 aromatic heterocycles. The van der Waals surface area contributed by atoms with Crippen molar-refractivity contribution in [2.45, 2.75) is 57.0 Å². The molecule has 49 heavy (non-hydrogen) atoms. The number of fused-ring (bicyclic) bond motifs is 1. The molecule has 0 spiro atoms. The van der Waals surface area contributed by atoms with Crippen LogP contribution in [0.25, 0.3) is 0 Å². The van der Waals surface area contributed by atoms with E-state index in [1.165, 1.54) is 24.3 Å². The zero-order chi connectivity index (χ0) is 35.9. The molecule has 2 atom stereocenters. The second kappa shape index (κ2) is 15.4. The molecule has 2 aromatic carbocycles. The number of alkyl halides is 6. The Balaban J connectivity index is 1.74. The van der Waals surface area contributed by atoms with Gasteiger partial charge in [-0.2, -0.15) is 31.6 Å². The minimum absolute atomic E-state index is 0.0401. The molecule has 17 heteroatoms. The number of aromatic nitrogens is 2. The quantitative estimate of drug-likeness (QED) is 0.154. The molecule has 2 heterocycles. The average Bonchev–Trinajstić information content (AvgIpc) is 3.04. The van der Waals surface area contributed by atoms with E-state index in [1.807, 2.05) is 0 Å². The number of hydrogen-bond donors (Lipinski definition) is 2. The number of anilines is 2. The molecule has 2 N–H and O–H groups in total. The van der Waals surface area contributed by atoms with Gasteiger partial charge in [-0.25, -0.2) is 14.8 Å². The number of carboxylic acids is 1. The van der Waals surface area contributed by atoms with E-state index in [4.69, 9.17) is 19.3 Å². The number of carbonyl (C=O) groups is 2. The molecule has 1 aliphatic heterocycles. The van der Waals surface area contributed by atoms with Gasteiger partial charge in [-0.1, -0.05) is 6.92 Å². The van der Waals surface area contributed by atoms with Gasteiger partial charge in [-0.3, -0.25) is 9.69 Å². The van der Waals surface area contributed by atoms with E-state index in [9.17, 15) is 41.2 Å². The topological polar surface area (TPSA) is 147 Å². The Hall–Kier alpha value is -5.11. The molecule has 0 radical (unpaired) electrons. The van der Waals surface area contributed by atoms with Gasteiger partial charge >= 0.3 is 24.4 Å². The van der Waals surface area contributed by atoms with E-state index < -0.39 is 60.7 Å². The Morgan fingerprint density at radius 3 is 2.43 bits per heavy atom. The van der Waals surface area contributed by atoms with E-state index in [2.05, 4.69) is 15.3 Å². The van der Waals surface area contributed by atoms with Gasteiger partial charge in [0.25, 0.3) is 0 Å². The second-order valence-electron chi connectivity index (χ2n) is 10.9. The number of carbonyl (C=O) groups excluding carboxylic acids is 1. The van der Waals surface area contributed by atoms with E-state index >= 15 is 0 Å². The fraction of sp³-hybridized carbons (Fsp3) is 0.406. The summed E-state index contributed by atoms with van der Waals surface area (Å²) in [6.45, 7) is 1.50. The highest BCUT2D eigenvalue weighted by atomic mass is 19.4. The number of benzene rings is 2. The minimum atomic E-state index is -4.73. The van der Waals surface area contributed by atoms with Crippen molar-refractivity contribution < 1.29 is 55.2 Å². The number of rotatable bonds is 12. The van der Waals surface area contributed by atoms with Crippen LogP contribution in [0.4, 0.5) is 42.8 Å². The van der Waals surface area contributed by atoms with Gasteiger partial charge in [0.05, 0.1) is 59.4 Å². The monoisotopic (exact) mass is 695 g/mol. The second-order valence-corrected chi connectivity index (χ2v) is 10.9. The number of nitrogens with one attached hydrogen (secondary N) is 1. The number of carboxylic acid groups (broad SMARTS) is 1. The molecule has 3 aromatic rings. The van der Waals surface area contributed by atoms with Crippen molar-refractivity contribution in [3.63, 3.8) is 0 Å². The average molecular weight is 696 g/mol. The first-order chi connectivity index (χ1) is 23.1. The van der Waals surface area contributed by atoms with Crippen LogP contribution >= 0.6 is 0 Å². The SMILES string of the molecule is CC[C@@H]1C[C@H](Nc2ncc(OCCOC)c(Cc3cc(C#N)cc(C(F)(F)F)c3)n2)c2cc(C(F)(F)F)ccc2N1C(=O)OCCC(=O)O. The van der Waals surface area contributed by atoms with Crippen LogP contribution < -0.4 is 15.0 Å². The maximum Gasteiger partial charge on any atom is 0.416 e. The summed E-state index contributed by atoms with van der Waals surface area (Å²) in [5.74, 6) is -1.20. The molecule has 1 aliphatic rings. The molecule has 0 saturated carbocycles. The first-order valence-corrected chi connectivity index (χ1v) is 14.9. The van der Waals surface area contributed by atoms with Crippen molar-refractivity contribution in [2.24, 2.45) is 0 Å². The van der Waals surface area contributed by atoms with Crippen LogP contribution in [0.5, 0.6) is 5.75 Å². The number of amides is 1. The van der Waals surface area contributed by atoms with Crippen LogP contribution in [0.2, 0.25) is 0 Å². The number of ether oxygens (including phenoxy) is 3. The van der Waals surface area contributed by atoms with Gasteiger partial charge in [0.2, 0.25) is 5.95 Å². The summed E-state index contributed by atoms with van der Waals surface area (Å²) in [4.78, 5) is 33.9. The van der Waals surface area contributed by atoms with Crippen molar-refractivity contribution in [2.75, 3.05) is 37.1 Å². The van der Waals surface area contributed by atoms with Gasteiger partial charge in [0, 0.05) is 19.6 Å². The molecule has 1 amide bonds. The maximum atomic E-state index is 13.8. The van der Waals surface area contributed by atoms with Gasteiger partial charge in [0.1, 0.15) is 13.2 Å². The van der Waals surface area contributed by atoms with Gasteiger partial charge in [-0.15, -0.1) is 0 Å². The van der Waals surface area contributed by atoms with Gasteiger partial charge in [-0.05, 0) is 60.4 Å². The minimum Gasteiger partial charge on any atom is -0.488 e. The summed E-state index contributed by atoms with van der Waals surface area (Å²) in [5.41, 5.74) is -1.90. The Kier molecular flexibility index (Phi) is 11.5. The van der Waals surface area contributed by atoms with Crippen LogP contribution in [0.3, 0.4) is 0 Å². The van der Waals surface area contributed by atoms with Gasteiger partial charge < -0.3 is 24.6 Å². The maximum absolute atomic E-state index is 13.8. The highest BCUT2D eigenvalue weighted by Crippen LogP contribution is 2.43. The molecule has 0 fully saturated rings. The lowest BCUT2D eigenvalue weighted by Crippen LogP contribution is -2.46. The molecule has 4 rings (SSSR count). The molecule has 0 bridgehead atoms. The van der Waals surface area contributed by atoms with Crippen LogP contribution in [-0.4, -0.2) is 60.1 Å². The van der Waals surface area contributed by atoms with Crippen molar-refractivity contribution in [1.29, 1.82) is 5.26 Å². The summed E-state index contributed by atoms with van der Waals surface area (Å²) in [6.07, 6.45) is -9.43. The van der Waals surface area contributed by atoms with Crippen LogP contribution in [0.15, 0.2) is 42.6 Å². The summed E-state index contributed by atoms with van der Waals surface area (Å²) in [5, 5.41) is 21.3. The van der Waals surface area contributed by atoms with E-state index in [0.29, 0.717) is 6.42 Å². The molecular weight excluding hydrogens is 664 g/mol. The number of nitrogens with zero attached hydrogens (tertiary/aromatic N) is 4. The van der Waals surface area contributed by atoms with Crippen LogP contribution in [0.1, 0.15) is 65.7 Å². The largest absolute Gasteiger partial charge is 0.488 e. The first kappa shape index (κ1) is 36.7. The predicted molar refractivity (Wildman–Crippen MR) is 161 cm³/mol. The smallest absolute Gasteiger partial charge is 0.416 e. The standard InChI is InChI=1S/C32H31F6N5O6/c1-3-22-15-24(23-14-20(31(33,34)35)4-5-26(23)43(22)30(46)49-7-6-28(44)45)41-29-40-17-27(48-9-8-47-2)25(42-29)13-18-10-19(16-39)12-21(11-18)32(36,37)38/h4-5,10-12,14,17,22,24H,3,6-9,13,15H2,1-2H3,(H,44,45)(H,40,41,42)/t22-,24+/m1/s1. The third-order valence-corrected chi connectivity index (χ3v) is 7.57. The number of methoxy groups -OCH3 is 1. The van der Waals surface area contributed by atoms with Crippen LogP contribution in [-0.2, 0) is 33.0 Å². The number of aliphatic carboxylic acids is 1. The molecule has 0 aliphatic carbocycles. The molecule has 0 unspecified atom stereocenters. The Morgan fingerprint density at radius 1 is 1.06 bits per heavy atom.